The highest BCUT2D eigenvalue weighted by Gasteiger charge is 2.32. The SMILES string of the molecule is COC(=O)[C@@](C)(N)COP(=O)(O)O. The molecule has 0 aliphatic heterocycles. The first-order valence-corrected chi connectivity index (χ1v) is 4.79. The number of phosphoric ester groups is 1. The Labute approximate surface area is 75.1 Å². The van der Waals surface area contributed by atoms with Gasteiger partial charge in [0.15, 0.2) is 0 Å². The van der Waals surface area contributed by atoms with Crippen molar-refractivity contribution < 1.29 is 28.4 Å². The second kappa shape index (κ2) is 4.17. The quantitative estimate of drug-likeness (QED) is 0.404. The highest BCUT2D eigenvalue weighted by Crippen LogP contribution is 2.36. The fraction of sp³-hybridized carbons (Fsp3) is 0.800. The Kier molecular flexibility index (Phi) is 4.02. The standard InChI is InChI=1S/C5H12NO6P/c1-5(6,4(7)11-2)3-12-13(8,9)10/h3,6H2,1-2H3,(H2,8,9,10)/t5-/m0/s1. The molecule has 1 atom stereocenters. The summed E-state index contributed by atoms with van der Waals surface area (Å²) in [6.07, 6.45) is 0. The zero-order valence-corrected chi connectivity index (χ0v) is 8.15. The van der Waals surface area contributed by atoms with Crippen LogP contribution < -0.4 is 5.73 Å². The second-order valence-electron chi connectivity index (χ2n) is 2.67. The number of ether oxygens (including phenoxy) is 1. The predicted octanol–water partition coefficient (Wildman–Crippen LogP) is -1.01. The molecule has 0 aromatic carbocycles. The Bertz CT molecular complexity index is 233. The van der Waals surface area contributed by atoms with Gasteiger partial charge in [-0.1, -0.05) is 0 Å². The number of rotatable bonds is 4. The molecule has 0 amide bonds. The highest BCUT2D eigenvalue weighted by molar-refractivity contribution is 7.46. The molecule has 0 spiro atoms. The molecule has 0 aromatic heterocycles. The van der Waals surface area contributed by atoms with Crippen LogP contribution in [0.5, 0.6) is 0 Å². The van der Waals surface area contributed by atoms with Crippen LogP contribution in [-0.2, 0) is 18.6 Å². The molecule has 4 N–H and O–H groups in total. The fourth-order valence-electron chi connectivity index (χ4n) is 0.510. The number of methoxy groups -OCH3 is 1. The van der Waals surface area contributed by atoms with Crippen LogP contribution in [0.3, 0.4) is 0 Å². The van der Waals surface area contributed by atoms with Crippen molar-refractivity contribution >= 4 is 13.8 Å². The van der Waals surface area contributed by atoms with Gasteiger partial charge in [-0.3, -0.25) is 4.52 Å². The predicted molar refractivity (Wildman–Crippen MR) is 42.6 cm³/mol. The highest BCUT2D eigenvalue weighted by atomic mass is 31.2. The molecule has 8 heteroatoms. The van der Waals surface area contributed by atoms with Crippen LogP contribution in [0.2, 0.25) is 0 Å². The van der Waals surface area contributed by atoms with Crippen molar-refractivity contribution in [2.45, 2.75) is 12.5 Å². The number of carbonyl (C=O) groups is 1. The molecule has 7 nitrogen and oxygen atoms in total. The summed E-state index contributed by atoms with van der Waals surface area (Å²) in [5.74, 6) is -0.805. The van der Waals surface area contributed by atoms with E-state index in [4.69, 9.17) is 15.5 Å². The Hall–Kier alpha value is -0.460. The smallest absolute Gasteiger partial charge is 0.468 e. The van der Waals surface area contributed by atoms with Crippen molar-refractivity contribution in [3.63, 3.8) is 0 Å². The van der Waals surface area contributed by atoms with Crippen molar-refractivity contribution in [1.29, 1.82) is 0 Å². The summed E-state index contributed by atoms with van der Waals surface area (Å²) in [6, 6.07) is 0. The molecule has 0 saturated heterocycles. The van der Waals surface area contributed by atoms with E-state index in [1.54, 1.807) is 0 Å². The Morgan fingerprint density at radius 2 is 2.08 bits per heavy atom. The molecule has 0 aliphatic rings. The number of carbonyl (C=O) groups excluding carboxylic acids is 1. The van der Waals surface area contributed by atoms with Gasteiger partial charge in [-0.05, 0) is 6.92 Å². The van der Waals surface area contributed by atoms with Gasteiger partial charge in [0, 0.05) is 0 Å². The van der Waals surface area contributed by atoms with E-state index in [1.165, 1.54) is 6.92 Å². The lowest BCUT2D eigenvalue weighted by Crippen LogP contribution is -2.49. The van der Waals surface area contributed by atoms with Gasteiger partial charge in [-0.15, -0.1) is 0 Å². The number of phosphoric acid groups is 1. The van der Waals surface area contributed by atoms with Gasteiger partial charge in [0.1, 0.15) is 5.54 Å². The minimum atomic E-state index is -4.60. The van der Waals surface area contributed by atoms with Crippen LogP contribution in [0.1, 0.15) is 6.92 Å². The van der Waals surface area contributed by atoms with Crippen molar-refractivity contribution in [2.24, 2.45) is 5.73 Å². The number of hydrogen-bond acceptors (Lipinski definition) is 5. The monoisotopic (exact) mass is 213 g/mol. The van der Waals surface area contributed by atoms with Gasteiger partial charge in [0.05, 0.1) is 13.7 Å². The molecule has 0 aromatic rings. The lowest BCUT2D eigenvalue weighted by atomic mass is 10.1. The summed E-state index contributed by atoms with van der Waals surface area (Å²) in [7, 11) is -3.48. The summed E-state index contributed by atoms with van der Waals surface area (Å²) in [5.41, 5.74) is 3.78. The minimum absolute atomic E-state index is 0.607. The zero-order valence-electron chi connectivity index (χ0n) is 7.26. The summed E-state index contributed by atoms with van der Waals surface area (Å²) in [4.78, 5) is 27.5. The maximum Gasteiger partial charge on any atom is 0.469 e. The number of esters is 1. The van der Waals surface area contributed by atoms with E-state index < -0.39 is 25.9 Å². The van der Waals surface area contributed by atoms with Crippen LogP contribution in [0.15, 0.2) is 0 Å². The van der Waals surface area contributed by atoms with Gasteiger partial charge in [0.25, 0.3) is 0 Å². The van der Waals surface area contributed by atoms with Crippen molar-refractivity contribution in [3.8, 4) is 0 Å². The van der Waals surface area contributed by atoms with Crippen molar-refractivity contribution in [2.75, 3.05) is 13.7 Å². The van der Waals surface area contributed by atoms with E-state index in [0.717, 1.165) is 7.11 Å². The second-order valence-corrected chi connectivity index (χ2v) is 3.91. The lowest BCUT2D eigenvalue weighted by molar-refractivity contribution is -0.147. The number of nitrogens with two attached hydrogens (primary N) is 1. The van der Waals surface area contributed by atoms with Crippen LogP contribution in [-0.4, -0.2) is 35.0 Å². The molecule has 13 heavy (non-hydrogen) atoms. The maximum absolute atomic E-state index is 10.9. The van der Waals surface area contributed by atoms with Crippen molar-refractivity contribution in [1.82, 2.24) is 0 Å². The average molecular weight is 213 g/mol. The third kappa shape index (κ3) is 4.97. The molecule has 0 aliphatic carbocycles. The largest absolute Gasteiger partial charge is 0.469 e. The summed E-state index contributed by atoms with van der Waals surface area (Å²) >= 11 is 0. The van der Waals surface area contributed by atoms with Crippen LogP contribution in [0, 0.1) is 0 Å². The van der Waals surface area contributed by atoms with Gasteiger partial charge < -0.3 is 20.3 Å². The Morgan fingerprint density at radius 3 is 2.38 bits per heavy atom. The normalized spacial score (nSPS) is 16.4. The molecule has 0 fully saturated rings. The molecule has 78 valence electrons. The van der Waals surface area contributed by atoms with Crippen molar-refractivity contribution in [3.05, 3.63) is 0 Å². The van der Waals surface area contributed by atoms with E-state index in [9.17, 15) is 9.36 Å². The maximum atomic E-state index is 10.9. The minimum Gasteiger partial charge on any atom is -0.468 e. The Balaban J connectivity index is 4.19. The topological polar surface area (TPSA) is 119 Å². The molecule has 0 unspecified atom stereocenters. The first-order chi connectivity index (χ1) is 5.69. The lowest BCUT2D eigenvalue weighted by Gasteiger charge is -2.20. The molecular formula is C5H12NO6P. The molecule has 0 radical (unpaired) electrons. The summed E-state index contributed by atoms with van der Waals surface area (Å²) < 4.78 is 18.6. The van der Waals surface area contributed by atoms with E-state index in [-0.39, 0.29) is 0 Å². The van der Waals surface area contributed by atoms with Gasteiger partial charge in [0.2, 0.25) is 0 Å². The zero-order chi connectivity index (χ0) is 10.7. The van der Waals surface area contributed by atoms with E-state index in [1.807, 2.05) is 0 Å². The molecular weight excluding hydrogens is 201 g/mol. The first-order valence-electron chi connectivity index (χ1n) is 3.26. The van der Waals surface area contributed by atoms with Crippen LogP contribution in [0.25, 0.3) is 0 Å². The van der Waals surface area contributed by atoms with Gasteiger partial charge in [-0.2, -0.15) is 0 Å². The number of hydrogen-bond donors (Lipinski definition) is 3. The average Bonchev–Trinajstić information content (AvgIpc) is 1.98. The molecule has 0 heterocycles. The van der Waals surface area contributed by atoms with E-state index in [0.29, 0.717) is 0 Å². The van der Waals surface area contributed by atoms with Gasteiger partial charge in [-0.25, -0.2) is 9.36 Å². The van der Waals surface area contributed by atoms with Gasteiger partial charge >= 0.3 is 13.8 Å². The summed E-state index contributed by atoms with van der Waals surface area (Å²) in [5, 5.41) is 0. The first kappa shape index (κ1) is 12.5. The molecule has 0 saturated carbocycles. The third-order valence-corrected chi connectivity index (χ3v) is 1.65. The summed E-state index contributed by atoms with van der Waals surface area (Å²) in [6.45, 7) is 0.637. The van der Waals surface area contributed by atoms with E-state index in [2.05, 4.69) is 9.26 Å². The fourth-order valence-corrected chi connectivity index (χ4v) is 0.947. The van der Waals surface area contributed by atoms with E-state index >= 15 is 0 Å². The Morgan fingerprint density at radius 1 is 1.62 bits per heavy atom. The van der Waals surface area contributed by atoms with Crippen LogP contribution in [0.4, 0.5) is 0 Å². The third-order valence-electron chi connectivity index (χ3n) is 1.18. The molecule has 0 rings (SSSR count). The van der Waals surface area contributed by atoms with Crippen LogP contribution >= 0.6 is 7.82 Å². The molecule has 0 bridgehead atoms.